The van der Waals surface area contributed by atoms with Gasteiger partial charge >= 0.3 is 0 Å². The smallest absolute Gasteiger partial charge is 0.137 e. The molecule has 90 valence electrons. The van der Waals surface area contributed by atoms with Crippen molar-refractivity contribution < 1.29 is 4.79 Å². The molecule has 0 N–H and O–H groups in total. The summed E-state index contributed by atoms with van der Waals surface area (Å²) in [6.45, 7) is 10.3. The predicted octanol–water partition coefficient (Wildman–Crippen LogP) is 4.26. The van der Waals surface area contributed by atoms with Crippen LogP contribution in [0.3, 0.4) is 0 Å². The summed E-state index contributed by atoms with van der Waals surface area (Å²) in [6, 6.07) is 9.91. The number of carbonyl (C=O) groups is 1. The lowest BCUT2D eigenvalue weighted by molar-refractivity contribution is -0.120. The molecule has 0 amide bonds. The van der Waals surface area contributed by atoms with Crippen LogP contribution < -0.4 is 0 Å². The Morgan fingerprint density at radius 2 is 1.56 bits per heavy atom. The first-order chi connectivity index (χ1) is 7.47. The molecule has 1 aromatic rings. The van der Waals surface area contributed by atoms with Crippen molar-refractivity contribution in [2.75, 3.05) is 0 Å². The highest BCUT2D eigenvalue weighted by Gasteiger charge is 2.15. The van der Waals surface area contributed by atoms with Crippen molar-refractivity contribution in [2.45, 2.75) is 47.5 Å². The van der Waals surface area contributed by atoms with Gasteiger partial charge in [0.2, 0.25) is 0 Å². The molecule has 0 bridgehead atoms. The minimum absolute atomic E-state index is 0.103. The summed E-state index contributed by atoms with van der Waals surface area (Å²) >= 11 is 0. The van der Waals surface area contributed by atoms with Crippen molar-refractivity contribution in [3.05, 3.63) is 35.9 Å². The molecular weight excluding hydrogens is 196 g/mol. The van der Waals surface area contributed by atoms with Gasteiger partial charge in [0.25, 0.3) is 0 Å². The molecule has 0 aliphatic carbocycles. The molecule has 0 fully saturated rings. The van der Waals surface area contributed by atoms with Crippen LogP contribution in [-0.4, -0.2) is 5.78 Å². The van der Waals surface area contributed by atoms with Gasteiger partial charge in [-0.2, -0.15) is 0 Å². The van der Waals surface area contributed by atoms with E-state index in [0.29, 0.717) is 18.6 Å². The Morgan fingerprint density at radius 1 is 1.06 bits per heavy atom. The van der Waals surface area contributed by atoms with Crippen LogP contribution in [0.25, 0.3) is 0 Å². The van der Waals surface area contributed by atoms with E-state index in [1.165, 1.54) is 0 Å². The highest BCUT2D eigenvalue weighted by atomic mass is 16.1. The van der Waals surface area contributed by atoms with Gasteiger partial charge in [0.05, 0.1) is 0 Å². The molecule has 0 aromatic heterocycles. The van der Waals surface area contributed by atoms with Gasteiger partial charge in [-0.3, -0.25) is 4.79 Å². The number of benzene rings is 1. The molecule has 0 aliphatic heterocycles. The number of carbonyl (C=O) groups excluding carboxylic acids is 1. The summed E-state index contributed by atoms with van der Waals surface area (Å²) in [7, 11) is 0. The Balaban J connectivity index is 0.00000106. The molecule has 0 unspecified atom stereocenters. The molecule has 0 saturated carbocycles. The van der Waals surface area contributed by atoms with Crippen molar-refractivity contribution in [2.24, 2.45) is 5.41 Å². The van der Waals surface area contributed by atoms with E-state index in [9.17, 15) is 4.79 Å². The maximum Gasteiger partial charge on any atom is 0.137 e. The summed E-state index contributed by atoms with van der Waals surface area (Å²) in [5.74, 6) is 0.323. The Kier molecular flexibility index (Phi) is 6.71. The normalized spacial score (nSPS) is 10.3. The van der Waals surface area contributed by atoms with Crippen molar-refractivity contribution >= 4 is 5.78 Å². The lowest BCUT2D eigenvalue weighted by atomic mass is 9.88. The molecular formula is C15H24O. The van der Waals surface area contributed by atoms with Crippen LogP contribution in [-0.2, 0) is 11.2 Å². The minimum Gasteiger partial charge on any atom is -0.299 e. The third kappa shape index (κ3) is 7.22. The van der Waals surface area contributed by atoms with Crippen LogP contribution in [0.1, 0.15) is 46.6 Å². The summed E-state index contributed by atoms with van der Waals surface area (Å²) in [5.41, 5.74) is 1.22. The maximum atomic E-state index is 11.6. The zero-order valence-corrected chi connectivity index (χ0v) is 11.2. The van der Waals surface area contributed by atoms with Gasteiger partial charge in [0.1, 0.15) is 5.78 Å². The molecule has 0 aliphatic rings. The van der Waals surface area contributed by atoms with E-state index in [-0.39, 0.29) is 5.41 Å². The zero-order valence-electron chi connectivity index (χ0n) is 11.2. The van der Waals surface area contributed by atoms with E-state index in [1.54, 1.807) is 0 Å². The third-order valence-electron chi connectivity index (χ3n) is 1.97. The number of rotatable bonds is 3. The van der Waals surface area contributed by atoms with E-state index >= 15 is 0 Å². The van der Waals surface area contributed by atoms with E-state index in [2.05, 4.69) is 20.8 Å². The lowest BCUT2D eigenvalue weighted by Crippen LogP contribution is -2.14. The molecule has 0 atom stereocenters. The molecule has 1 heteroatoms. The first kappa shape index (κ1) is 14.9. The Morgan fingerprint density at radius 3 is 2.00 bits per heavy atom. The van der Waals surface area contributed by atoms with Gasteiger partial charge in [-0.15, -0.1) is 0 Å². The van der Waals surface area contributed by atoms with Gasteiger partial charge in [-0.05, 0) is 11.0 Å². The van der Waals surface area contributed by atoms with Gasteiger partial charge < -0.3 is 0 Å². The van der Waals surface area contributed by atoms with Crippen LogP contribution in [0.5, 0.6) is 0 Å². The van der Waals surface area contributed by atoms with Gasteiger partial charge in [-0.1, -0.05) is 65.0 Å². The number of Topliss-reactive ketones (excluding diaryl/α,β-unsaturated/α-hetero) is 1. The van der Waals surface area contributed by atoms with Crippen LogP contribution >= 0.6 is 0 Å². The maximum absolute atomic E-state index is 11.6. The largest absolute Gasteiger partial charge is 0.299 e. The third-order valence-corrected chi connectivity index (χ3v) is 1.97. The Hall–Kier alpha value is -1.11. The van der Waals surface area contributed by atoms with E-state index < -0.39 is 0 Å². The predicted molar refractivity (Wildman–Crippen MR) is 70.6 cm³/mol. The van der Waals surface area contributed by atoms with Crippen LogP contribution in [0, 0.1) is 5.41 Å². The first-order valence-corrected chi connectivity index (χ1v) is 6.03. The van der Waals surface area contributed by atoms with Crippen molar-refractivity contribution in [1.82, 2.24) is 0 Å². The fraction of sp³-hybridized carbons (Fsp3) is 0.533. The molecule has 16 heavy (non-hydrogen) atoms. The van der Waals surface area contributed by atoms with E-state index in [0.717, 1.165) is 5.56 Å². The Labute approximate surface area is 99.9 Å². The summed E-state index contributed by atoms with van der Waals surface area (Å²) < 4.78 is 0. The highest BCUT2D eigenvalue weighted by Crippen LogP contribution is 2.19. The monoisotopic (exact) mass is 220 g/mol. The van der Waals surface area contributed by atoms with Crippen LogP contribution in [0.4, 0.5) is 0 Å². The SMILES string of the molecule is CC.CC(C)(C)CC(=O)Cc1ccccc1. The second-order valence-electron chi connectivity index (χ2n) is 4.94. The van der Waals surface area contributed by atoms with Gasteiger partial charge in [-0.25, -0.2) is 0 Å². The number of hydrogen-bond acceptors (Lipinski definition) is 1. The fourth-order valence-corrected chi connectivity index (χ4v) is 1.48. The lowest BCUT2D eigenvalue weighted by Gasteiger charge is -2.16. The van der Waals surface area contributed by atoms with Gasteiger partial charge in [0.15, 0.2) is 0 Å². The van der Waals surface area contributed by atoms with Crippen molar-refractivity contribution in [1.29, 1.82) is 0 Å². The fourth-order valence-electron chi connectivity index (χ4n) is 1.48. The Bertz CT molecular complexity index is 293. The standard InChI is InChI=1S/C13H18O.C2H6/c1-13(2,3)10-12(14)9-11-7-5-4-6-8-11;1-2/h4-8H,9-10H2,1-3H3;1-2H3. The molecule has 0 saturated heterocycles. The molecule has 1 nitrogen and oxygen atoms in total. The second kappa shape index (κ2) is 7.21. The highest BCUT2D eigenvalue weighted by molar-refractivity contribution is 5.81. The average Bonchev–Trinajstić information content (AvgIpc) is 2.19. The molecule has 0 heterocycles. The minimum atomic E-state index is 0.103. The topological polar surface area (TPSA) is 17.1 Å². The van der Waals surface area contributed by atoms with Crippen LogP contribution in [0.2, 0.25) is 0 Å². The zero-order chi connectivity index (χ0) is 12.6. The summed E-state index contributed by atoms with van der Waals surface area (Å²) in [6.07, 6.45) is 1.22. The average molecular weight is 220 g/mol. The van der Waals surface area contributed by atoms with Crippen molar-refractivity contribution in [3.8, 4) is 0 Å². The number of hydrogen-bond donors (Lipinski definition) is 0. The van der Waals surface area contributed by atoms with E-state index in [4.69, 9.17) is 0 Å². The summed E-state index contributed by atoms with van der Waals surface area (Å²) in [5, 5.41) is 0. The van der Waals surface area contributed by atoms with E-state index in [1.807, 2.05) is 44.2 Å². The van der Waals surface area contributed by atoms with Crippen LogP contribution in [0.15, 0.2) is 30.3 Å². The molecule has 0 radical (unpaired) electrons. The summed E-state index contributed by atoms with van der Waals surface area (Å²) in [4.78, 5) is 11.6. The number of ketones is 1. The quantitative estimate of drug-likeness (QED) is 0.744. The molecule has 1 rings (SSSR count). The molecule has 1 aromatic carbocycles. The van der Waals surface area contributed by atoms with Gasteiger partial charge in [0, 0.05) is 12.8 Å². The molecule has 0 spiro atoms. The van der Waals surface area contributed by atoms with Crippen molar-refractivity contribution in [3.63, 3.8) is 0 Å². The first-order valence-electron chi connectivity index (χ1n) is 6.03. The second-order valence-corrected chi connectivity index (χ2v) is 4.94.